The van der Waals surface area contributed by atoms with E-state index in [1.54, 1.807) is 24.3 Å². The molecule has 1 heterocycles. The molecule has 0 aliphatic carbocycles. The van der Waals surface area contributed by atoms with Gasteiger partial charge in [0.2, 0.25) is 0 Å². The summed E-state index contributed by atoms with van der Waals surface area (Å²) in [6.07, 6.45) is 1.18. The molecule has 0 spiro atoms. The number of hydrogen-bond donors (Lipinski definition) is 1. The van der Waals surface area contributed by atoms with Gasteiger partial charge in [0.25, 0.3) is 0 Å². The fraction of sp³-hybridized carbons (Fsp3) is 0.111. The molecule has 0 aliphatic heterocycles. The zero-order valence-corrected chi connectivity index (χ0v) is 10.8. The molecule has 0 atom stereocenters. The number of nitrogens with zero attached hydrogens (tertiary/aromatic N) is 2. The van der Waals surface area contributed by atoms with E-state index in [2.05, 4.69) is 22.0 Å². The third kappa shape index (κ3) is 2.42. The number of aromatic nitrogens is 2. The van der Waals surface area contributed by atoms with E-state index >= 15 is 0 Å². The van der Waals surface area contributed by atoms with Crippen LogP contribution in [0.4, 0.5) is 0 Å². The highest BCUT2D eigenvalue weighted by atomic mass is 32.2. The number of rotatable bonds is 2. The number of sulfone groups is 1. The SMILES string of the molecule is CS(=O)(=O)c1ccc(-c2nsc(S)n2)cc1. The van der Waals surface area contributed by atoms with Gasteiger partial charge in [-0.05, 0) is 35.8 Å². The number of hydrogen-bond acceptors (Lipinski definition) is 6. The zero-order chi connectivity index (χ0) is 11.8. The van der Waals surface area contributed by atoms with Crippen molar-refractivity contribution < 1.29 is 8.42 Å². The molecule has 1 aromatic carbocycles. The van der Waals surface area contributed by atoms with E-state index in [1.165, 1.54) is 17.8 Å². The Hall–Kier alpha value is -0.920. The monoisotopic (exact) mass is 272 g/mol. The Kier molecular flexibility index (Phi) is 3.00. The number of thiol groups is 1. The molecule has 0 saturated carbocycles. The van der Waals surface area contributed by atoms with Gasteiger partial charge in [0.1, 0.15) is 0 Å². The molecule has 0 saturated heterocycles. The third-order valence-corrected chi connectivity index (χ3v) is 3.95. The summed E-state index contributed by atoms with van der Waals surface area (Å²) in [4.78, 5) is 4.38. The molecule has 4 nitrogen and oxygen atoms in total. The van der Waals surface area contributed by atoms with Crippen LogP contribution in [0.2, 0.25) is 0 Å². The Morgan fingerprint density at radius 2 is 1.88 bits per heavy atom. The van der Waals surface area contributed by atoms with E-state index in [9.17, 15) is 8.42 Å². The first-order valence-corrected chi connectivity index (χ1v) is 7.41. The average molecular weight is 272 g/mol. The van der Waals surface area contributed by atoms with Crippen molar-refractivity contribution in [2.75, 3.05) is 6.26 Å². The van der Waals surface area contributed by atoms with Crippen molar-refractivity contribution in [2.45, 2.75) is 9.24 Å². The number of benzene rings is 1. The van der Waals surface area contributed by atoms with Gasteiger partial charge in [-0.2, -0.15) is 4.37 Å². The second kappa shape index (κ2) is 4.15. The maximum absolute atomic E-state index is 11.2. The molecule has 1 aromatic heterocycles. The quantitative estimate of drug-likeness (QED) is 0.848. The van der Waals surface area contributed by atoms with Crippen LogP contribution in [0.5, 0.6) is 0 Å². The molecule has 0 amide bonds. The summed E-state index contributed by atoms with van der Waals surface area (Å²) in [5.74, 6) is 0.565. The van der Waals surface area contributed by atoms with Crippen LogP contribution in [-0.2, 0) is 9.84 Å². The molecule has 0 fully saturated rings. The molecule has 84 valence electrons. The van der Waals surface area contributed by atoms with Gasteiger partial charge >= 0.3 is 0 Å². The van der Waals surface area contributed by atoms with Gasteiger partial charge in [-0.25, -0.2) is 13.4 Å². The van der Waals surface area contributed by atoms with Crippen LogP contribution in [0, 0.1) is 0 Å². The molecule has 0 unspecified atom stereocenters. The van der Waals surface area contributed by atoms with Crippen LogP contribution in [0.25, 0.3) is 11.4 Å². The minimum atomic E-state index is -3.15. The van der Waals surface area contributed by atoms with Crippen molar-refractivity contribution in [3.05, 3.63) is 24.3 Å². The lowest BCUT2D eigenvalue weighted by Crippen LogP contribution is -1.96. The van der Waals surface area contributed by atoms with Crippen LogP contribution in [0.3, 0.4) is 0 Å². The van der Waals surface area contributed by atoms with Gasteiger partial charge < -0.3 is 0 Å². The van der Waals surface area contributed by atoms with Crippen LogP contribution in [-0.4, -0.2) is 24.0 Å². The second-order valence-corrected chi connectivity index (χ2v) is 6.69. The van der Waals surface area contributed by atoms with Crippen molar-refractivity contribution in [3.8, 4) is 11.4 Å². The molecule has 2 aromatic rings. The fourth-order valence-electron chi connectivity index (χ4n) is 1.18. The fourth-order valence-corrected chi connectivity index (χ4v) is 2.47. The second-order valence-electron chi connectivity index (χ2n) is 3.20. The lowest BCUT2D eigenvalue weighted by atomic mass is 10.2. The summed E-state index contributed by atoms with van der Waals surface area (Å²) in [6, 6.07) is 6.46. The largest absolute Gasteiger partial charge is 0.224 e. The first-order valence-electron chi connectivity index (χ1n) is 4.30. The lowest BCUT2D eigenvalue weighted by molar-refractivity contribution is 0.602. The minimum absolute atomic E-state index is 0.289. The topological polar surface area (TPSA) is 59.9 Å². The maximum Gasteiger partial charge on any atom is 0.175 e. The van der Waals surface area contributed by atoms with Crippen molar-refractivity contribution in [3.63, 3.8) is 0 Å². The predicted molar refractivity (Wildman–Crippen MR) is 65.7 cm³/mol. The summed E-state index contributed by atoms with van der Waals surface area (Å²) < 4.78 is 27.2. The van der Waals surface area contributed by atoms with E-state index in [0.29, 0.717) is 10.2 Å². The third-order valence-electron chi connectivity index (χ3n) is 1.96. The highest BCUT2D eigenvalue weighted by molar-refractivity contribution is 7.90. The molecule has 7 heteroatoms. The summed E-state index contributed by atoms with van der Waals surface area (Å²) in [5, 5.41) is 0. The summed E-state index contributed by atoms with van der Waals surface area (Å²) in [7, 11) is -3.15. The van der Waals surface area contributed by atoms with Crippen molar-refractivity contribution in [1.29, 1.82) is 0 Å². The van der Waals surface area contributed by atoms with E-state index in [4.69, 9.17) is 0 Å². The smallest absolute Gasteiger partial charge is 0.175 e. The first kappa shape index (κ1) is 11.6. The van der Waals surface area contributed by atoms with Gasteiger partial charge in [0.05, 0.1) is 4.90 Å². The molecule has 0 N–H and O–H groups in total. The van der Waals surface area contributed by atoms with Gasteiger partial charge in [-0.1, -0.05) is 0 Å². The highest BCUT2D eigenvalue weighted by Gasteiger charge is 2.08. The Labute approximate surface area is 103 Å². The van der Waals surface area contributed by atoms with Crippen molar-refractivity contribution >= 4 is 34.0 Å². The summed E-state index contributed by atoms with van der Waals surface area (Å²) in [5.41, 5.74) is 0.781. The van der Waals surface area contributed by atoms with Gasteiger partial charge in [-0.15, -0.1) is 12.6 Å². The molecule has 0 radical (unpaired) electrons. The normalized spacial score (nSPS) is 11.6. The Morgan fingerprint density at radius 1 is 1.25 bits per heavy atom. The van der Waals surface area contributed by atoms with Crippen LogP contribution >= 0.6 is 24.2 Å². The summed E-state index contributed by atoms with van der Waals surface area (Å²) >= 11 is 5.26. The lowest BCUT2D eigenvalue weighted by Gasteiger charge is -1.99. The molecule has 2 rings (SSSR count). The summed E-state index contributed by atoms with van der Waals surface area (Å²) in [6.45, 7) is 0. The van der Waals surface area contributed by atoms with E-state index in [-0.39, 0.29) is 4.90 Å². The zero-order valence-electron chi connectivity index (χ0n) is 8.28. The first-order chi connectivity index (χ1) is 7.47. The molecular weight excluding hydrogens is 264 g/mol. The van der Waals surface area contributed by atoms with Gasteiger partial charge in [0, 0.05) is 11.8 Å². The Morgan fingerprint density at radius 3 is 2.31 bits per heavy atom. The van der Waals surface area contributed by atoms with Crippen molar-refractivity contribution in [2.24, 2.45) is 0 Å². The van der Waals surface area contributed by atoms with E-state index in [0.717, 1.165) is 5.56 Å². The molecular formula is C9H8N2O2S3. The molecule has 0 bridgehead atoms. The van der Waals surface area contributed by atoms with Crippen molar-refractivity contribution in [1.82, 2.24) is 9.36 Å². The maximum atomic E-state index is 11.2. The Balaban J connectivity index is 2.40. The van der Waals surface area contributed by atoms with Crippen LogP contribution in [0.15, 0.2) is 33.5 Å². The molecule has 16 heavy (non-hydrogen) atoms. The standard InChI is InChI=1S/C9H8N2O2S3/c1-16(12,13)7-4-2-6(3-5-7)8-10-9(14)15-11-8/h2-5H,1H3,(H,10,11,14). The van der Waals surface area contributed by atoms with Crippen LogP contribution < -0.4 is 0 Å². The van der Waals surface area contributed by atoms with E-state index < -0.39 is 9.84 Å². The van der Waals surface area contributed by atoms with Crippen LogP contribution in [0.1, 0.15) is 0 Å². The average Bonchev–Trinajstić information content (AvgIpc) is 2.64. The van der Waals surface area contributed by atoms with Gasteiger partial charge in [-0.3, -0.25) is 0 Å². The molecule has 0 aliphatic rings. The minimum Gasteiger partial charge on any atom is -0.224 e. The predicted octanol–water partition coefficient (Wildman–Crippen LogP) is 1.90. The highest BCUT2D eigenvalue weighted by Crippen LogP contribution is 2.21. The van der Waals surface area contributed by atoms with E-state index in [1.807, 2.05) is 0 Å². The Bertz CT molecular complexity index is 602. The van der Waals surface area contributed by atoms with Gasteiger partial charge in [0.15, 0.2) is 20.0 Å².